The molecule has 29 heavy (non-hydrogen) atoms. The highest BCUT2D eigenvalue weighted by atomic mass is 32.1. The summed E-state index contributed by atoms with van der Waals surface area (Å²) < 4.78 is 5.39. The lowest BCUT2D eigenvalue weighted by atomic mass is 10.0. The van der Waals surface area contributed by atoms with Gasteiger partial charge >= 0.3 is 0 Å². The molecule has 3 amide bonds. The molecule has 0 fully saturated rings. The largest absolute Gasteiger partial charge is 0.463 e. The van der Waals surface area contributed by atoms with E-state index in [2.05, 4.69) is 5.32 Å². The summed E-state index contributed by atoms with van der Waals surface area (Å²) in [7, 11) is 0. The lowest BCUT2D eigenvalue weighted by molar-refractivity contribution is -0.129. The van der Waals surface area contributed by atoms with E-state index in [0.29, 0.717) is 25.1 Å². The average Bonchev–Trinajstić information content (AvgIpc) is 3.05. The normalized spacial score (nSPS) is 13.2. The molecule has 1 aliphatic heterocycles. The van der Waals surface area contributed by atoms with Crippen molar-refractivity contribution in [2.24, 2.45) is 5.73 Å². The number of rotatable bonds is 3. The van der Waals surface area contributed by atoms with Crippen molar-refractivity contribution in [2.75, 3.05) is 11.9 Å². The van der Waals surface area contributed by atoms with E-state index in [-0.39, 0.29) is 27.4 Å². The molecule has 8 nitrogen and oxygen atoms in total. The van der Waals surface area contributed by atoms with Gasteiger partial charge < -0.3 is 20.4 Å². The Morgan fingerprint density at radius 1 is 1.24 bits per heavy atom. The number of benzene rings is 1. The van der Waals surface area contributed by atoms with Crippen molar-refractivity contribution >= 4 is 45.0 Å². The number of hydrogen-bond donors (Lipinski definition) is 2. The van der Waals surface area contributed by atoms with Gasteiger partial charge in [-0.25, -0.2) is 0 Å². The minimum absolute atomic E-state index is 0.0657. The predicted molar refractivity (Wildman–Crippen MR) is 108 cm³/mol. The molecular formula is C20H17N3O5S. The van der Waals surface area contributed by atoms with Gasteiger partial charge in [0.15, 0.2) is 0 Å². The van der Waals surface area contributed by atoms with Crippen LogP contribution in [0, 0.1) is 0 Å². The molecule has 0 aliphatic carbocycles. The number of nitrogens with two attached hydrogens (primary N) is 1. The first kappa shape index (κ1) is 18.9. The Morgan fingerprint density at radius 2 is 2.00 bits per heavy atom. The maximum atomic E-state index is 12.8. The van der Waals surface area contributed by atoms with E-state index in [1.54, 1.807) is 29.2 Å². The number of carbonyl (C=O) groups excluding carboxylic acids is 3. The van der Waals surface area contributed by atoms with Crippen LogP contribution in [0.2, 0.25) is 0 Å². The summed E-state index contributed by atoms with van der Waals surface area (Å²) in [5.74, 6) is -1.42. The number of nitrogens with one attached hydrogen (secondary N) is 1. The fourth-order valence-corrected chi connectivity index (χ4v) is 4.69. The third kappa shape index (κ3) is 3.29. The molecule has 1 aliphatic rings. The molecule has 0 saturated heterocycles. The molecule has 0 radical (unpaired) electrons. The molecule has 9 heteroatoms. The zero-order valence-corrected chi connectivity index (χ0v) is 16.3. The predicted octanol–water partition coefficient (Wildman–Crippen LogP) is 2.11. The van der Waals surface area contributed by atoms with Crippen molar-refractivity contribution in [2.45, 2.75) is 19.9 Å². The number of anilines is 1. The number of thiophene rings is 1. The number of amides is 3. The Balaban J connectivity index is 1.71. The van der Waals surface area contributed by atoms with Crippen molar-refractivity contribution in [3.8, 4) is 0 Å². The van der Waals surface area contributed by atoms with Crippen LogP contribution in [0.5, 0.6) is 0 Å². The van der Waals surface area contributed by atoms with Gasteiger partial charge in [0.2, 0.25) is 11.3 Å². The van der Waals surface area contributed by atoms with Gasteiger partial charge in [-0.3, -0.25) is 19.2 Å². The van der Waals surface area contributed by atoms with Gasteiger partial charge in [0.05, 0.1) is 17.5 Å². The van der Waals surface area contributed by atoms with Gasteiger partial charge in [-0.1, -0.05) is 12.1 Å². The van der Waals surface area contributed by atoms with Crippen molar-refractivity contribution < 1.29 is 18.8 Å². The van der Waals surface area contributed by atoms with E-state index in [1.807, 2.05) is 0 Å². The fourth-order valence-electron chi connectivity index (χ4n) is 3.43. The highest BCUT2D eigenvalue weighted by molar-refractivity contribution is 7.17. The second-order valence-electron chi connectivity index (χ2n) is 6.69. The third-order valence-electron chi connectivity index (χ3n) is 4.90. The second kappa shape index (κ2) is 7.17. The molecule has 0 saturated carbocycles. The maximum Gasteiger partial charge on any atom is 0.263 e. The smallest absolute Gasteiger partial charge is 0.263 e. The maximum absolute atomic E-state index is 12.8. The van der Waals surface area contributed by atoms with Crippen LogP contribution >= 0.6 is 11.3 Å². The van der Waals surface area contributed by atoms with E-state index < -0.39 is 17.2 Å². The van der Waals surface area contributed by atoms with E-state index >= 15 is 0 Å². The van der Waals surface area contributed by atoms with Gasteiger partial charge in [-0.15, -0.1) is 11.3 Å². The molecule has 2 aromatic heterocycles. The molecule has 148 valence electrons. The zero-order valence-electron chi connectivity index (χ0n) is 15.5. The van der Waals surface area contributed by atoms with Gasteiger partial charge in [-0.05, 0) is 24.1 Å². The minimum Gasteiger partial charge on any atom is -0.463 e. The highest BCUT2D eigenvalue weighted by Gasteiger charge is 2.29. The number of nitrogens with zero attached hydrogens (tertiary/aromatic N) is 1. The lowest BCUT2D eigenvalue weighted by Crippen LogP contribution is -2.34. The monoisotopic (exact) mass is 411 g/mol. The van der Waals surface area contributed by atoms with Crippen LogP contribution in [0.1, 0.15) is 38.1 Å². The number of primary amides is 1. The van der Waals surface area contributed by atoms with Gasteiger partial charge in [0.25, 0.3) is 11.8 Å². The Morgan fingerprint density at radius 3 is 2.72 bits per heavy atom. The van der Waals surface area contributed by atoms with Crippen molar-refractivity contribution in [3.63, 3.8) is 0 Å². The summed E-state index contributed by atoms with van der Waals surface area (Å²) in [6, 6.07) is 6.62. The summed E-state index contributed by atoms with van der Waals surface area (Å²) in [6.45, 7) is 2.31. The van der Waals surface area contributed by atoms with Crippen LogP contribution < -0.4 is 16.5 Å². The van der Waals surface area contributed by atoms with Gasteiger partial charge in [0, 0.05) is 18.3 Å². The lowest BCUT2D eigenvalue weighted by Gasteiger charge is -2.25. The highest BCUT2D eigenvalue weighted by Crippen LogP contribution is 2.37. The Kier molecular flexibility index (Phi) is 4.67. The summed E-state index contributed by atoms with van der Waals surface area (Å²) in [5, 5.41) is 3.19. The molecule has 3 aromatic rings. The van der Waals surface area contributed by atoms with Crippen molar-refractivity contribution in [1.82, 2.24) is 4.90 Å². The standard InChI is InChI=1S/C20H17N3O5S/c1-10(24)23-7-6-12-15(8-23)29-20(16(12)18(21)26)22-19(27)13-9-28-14-5-3-2-4-11(14)17(13)25/h2-5,9H,6-8H2,1H3,(H2,21,26)(H,22,27). The van der Waals surface area contributed by atoms with Gasteiger partial charge in [-0.2, -0.15) is 0 Å². The summed E-state index contributed by atoms with van der Waals surface area (Å²) in [5.41, 5.74) is 6.26. The quantitative estimate of drug-likeness (QED) is 0.683. The van der Waals surface area contributed by atoms with Crippen LogP contribution in [0.4, 0.5) is 5.00 Å². The van der Waals surface area contributed by atoms with Crippen LogP contribution in [0.25, 0.3) is 11.0 Å². The molecule has 0 unspecified atom stereocenters. The zero-order chi connectivity index (χ0) is 20.7. The number of fused-ring (bicyclic) bond motifs is 2. The first-order valence-corrected chi connectivity index (χ1v) is 9.70. The second-order valence-corrected chi connectivity index (χ2v) is 7.80. The number of carbonyl (C=O) groups is 3. The Bertz CT molecular complexity index is 1230. The summed E-state index contributed by atoms with van der Waals surface area (Å²) in [4.78, 5) is 51.6. The molecule has 3 heterocycles. The summed E-state index contributed by atoms with van der Waals surface area (Å²) in [6.07, 6.45) is 1.58. The first-order chi connectivity index (χ1) is 13.9. The molecule has 0 bridgehead atoms. The molecule has 0 spiro atoms. The molecular weight excluding hydrogens is 394 g/mol. The third-order valence-corrected chi connectivity index (χ3v) is 6.03. The van der Waals surface area contributed by atoms with Crippen molar-refractivity contribution in [1.29, 1.82) is 0 Å². The van der Waals surface area contributed by atoms with E-state index in [0.717, 1.165) is 16.7 Å². The number of hydrogen-bond acceptors (Lipinski definition) is 6. The van der Waals surface area contributed by atoms with Crippen LogP contribution in [-0.2, 0) is 17.8 Å². The topological polar surface area (TPSA) is 123 Å². The molecule has 4 rings (SSSR count). The van der Waals surface area contributed by atoms with Crippen molar-refractivity contribution in [3.05, 3.63) is 62.3 Å². The fraction of sp³-hybridized carbons (Fsp3) is 0.200. The van der Waals surface area contributed by atoms with Crippen LogP contribution in [0.3, 0.4) is 0 Å². The van der Waals surface area contributed by atoms with Crippen LogP contribution in [0.15, 0.2) is 39.7 Å². The number of para-hydroxylation sites is 1. The SMILES string of the molecule is CC(=O)N1CCc2c(sc(NC(=O)c3coc4ccccc4c3=O)c2C(N)=O)C1. The summed E-state index contributed by atoms with van der Waals surface area (Å²) >= 11 is 1.18. The van der Waals surface area contributed by atoms with E-state index in [9.17, 15) is 19.2 Å². The van der Waals surface area contributed by atoms with Crippen LogP contribution in [-0.4, -0.2) is 29.2 Å². The Hall–Kier alpha value is -3.46. The first-order valence-electron chi connectivity index (χ1n) is 8.88. The molecule has 1 aromatic carbocycles. The average molecular weight is 411 g/mol. The Labute approximate surface area is 168 Å². The minimum atomic E-state index is -0.686. The molecule has 0 atom stereocenters. The van der Waals surface area contributed by atoms with E-state index in [1.165, 1.54) is 18.3 Å². The van der Waals surface area contributed by atoms with E-state index in [4.69, 9.17) is 10.2 Å². The van der Waals surface area contributed by atoms with Gasteiger partial charge in [0.1, 0.15) is 22.4 Å². The molecule has 3 N–H and O–H groups in total.